The molecule has 2 heterocycles. The summed E-state index contributed by atoms with van der Waals surface area (Å²) < 4.78 is 11.4. The van der Waals surface area contributed by atoms with Crippen LogP contribution in [-0.4, -0.2) is 28.8 Å². The second kappa shape index (κ2) is 8.20. The first kappa shape index (κ1) is 20.0. The molecule has 6 nitrogen and oxygen atoms in total. The number of aliphatic hydroxyl groups is 1. The van der Waals surface area contributed by atoms with Gasteiger partial charge in [-0.15, -0.1) is 0 Å². The Morgan fingerprint density at radius 1 is 1.13 bits per heavy atom. The number of aliphatic hydroxyl groups excluding tert-OH is 1. The zero-order chi connectivity index (χ0) is 21.3. The molecule has 0 spiro atoms. The Morgan fingerprint density at radius 2 is 1.93 bits per heavy atom. The number of ether oxygens (including phenoxy) is 1. The molecule has 1 aliphatic heterocycles. The third kappa shape index (κ3) is 3.64. The lowest BCUT2D eigenvalue weighted by Crippen LogP contribution is -2.29. The molecule has 7 heteroatoms. The summed E-state index contributed by atoms with van der Waals surface area (Å²) in [4.78, 5) is 27.3. The van der Waals surface area contributed by atoms with E-state index in [0.717, 1.165) is 4.47 Å². The normalized spacial score (nSPS) is 18.1. The van der Waals surface area contributed by atoms with Crippen LogP contribution in [0.3, 0.4) is 0 Å². The standard InChI is InChI=1S/C23H18BrNO5/c1-29-17-8-3-6-15(12-17)21(26)19-20(14-5-2-7-16(24)11-14)25(23(28)22(19)27)13-18-9-4-10-30-18/h2-12,20,26H,13H2,1H3. The zero-order valence-corrected chi connectivity index (χ0v) is 17.6. The van der Waals surface area contributed by atoms with E-state index in [-0.39, 0.29) is 17.9 Å². The van der Waals surface area contributed by atoms with Gasteiger partial charge in [-0.2, -0.15) is 0 Å². The highest BCUT2D eigenvalue weighted by atomic mass is 79.9. The molecule has 0 saturated carbocycles. The van der Waals surface area contributed by atoms with Crippen LogP contribution in [0.25, 0.3) is 5.76 Å². The summed E-state index contributed by atoms with van der Waals surface area (Å²) in [6.45, 7) is 0.101. The number of amides is 1. The van der Waals surface area contributed by atoms with Gasteiger partial charge in [0.15, 0.2) is 0 Å². The number of Topliss-reactive ketones (excluding diaryl/α,β-unsaturated/α-hetero) is 1. The van der Waals surface area contributed by atoms with E-state index in [1.807, 2.05) is 24.3 Å². The van der Waals surface area contributed by atoms with Crippen LogP contribution in [0.2, 0.25) is 0 Å². The predicted molar refractivity (Wildman–Crippen MR) is 114 cm³/mol. The minimum Gasteiger partial charge on any atom is -0.507 e. The Balaban J connectivity index is 1.88. The lowest BCUT2D eigenvalue weighted by atomic mass is 9.95. The van der Waals surface area contributed by atoms with Gasteiger partial charge in [-0.05, 0) is 42.0 Å². The average Bonchev–Trinajstić information content (AvgIpc) is 3.35. The maximum absolute atomic E-state index is 13.0. The summed E-state index contributed by atoms with van der Waals surface area (Å²) in [5, 5.41) is 11.1. The maximum Gasteiger partial charge on any atom is 0.296 e. The van der Waals surface area contributed by atoms with Crippen molar-refractivity contribution in [3.8, 4) is 5.75 Å². The summed E-state index contributed by atoms with van der Waals surface area (Å²) in [7, 11) is 1.52. The molecule has 4 rings (SSSR count). The van der Waals surface area contributed by atoms with Gasteiger partial charge in [0, 0.05) is 10.0 Å². The number of carbonyl (C=O) groups is 2. The third-order valence-electron chi connectivity index (χ3n) is 4.95. The minimum atomic E-state index is -0.765. The number of methoxy groups -OCH3 is 1. The van der Waals surface area contributed by atoms with E-state index >= 15 is 0 Å². The van der Waals surface area contributed by atoms with E-state index in [1.165, 1.54) is 18.3 Å². The fraction of sp³-hybridized carbons (Fsp3) is 0.130. The van der Waals surface area contributed by atoms with Crippen LogP contribution in [0.15, 0.2) is 81.4 Å². The average molecular weight is 468 g/mol. The largest absolute Gasteiger partial charge is 0.507 e. The monoisotopic (exact) mass is 467 g/mol. The molecule has 0 radical (unpaired) electrons. The van der Waals surface area contributed by atoms with Crippen molar-refractivity contribution >= 4 is 33.4 Å². The fourth-order valence-corrected chi connectivity index (χ4v) is 3.98. The first-order valence-electron chi connectivity index (χ1n) is 9.20. The van der Waals surface area contributed by atoms with E-state index in [4.69, 9.17) is 9.15 Å². The van der Waals surface area contributed by atoms with Crippen LogP contribution >= 0.6 is 15.9 Å². The Kier molecular flexibility index (Phi) is 5.46. The lowest BCUT2D eigenvalue weighted by Gasteiger charge is -2.24. The number of furan rings is 1. The molecule has 1 aromatic heterocycles. The molecule has 1 saturated heterocycles. The number of nitrogens with zero attached hydrogens (tertiary/aromatic N) is 1. The fourth-order valence-electron chi connectivity index (χ4n) is 3.56. The van der Waals surface area contributed by atoms with Crippen LogP contribution in [0.4, 0.5) is 0 Å². The number of benzene rings is 2. The van der Waals surface area contributed by atoms with Crippen LogP contribution in [-0.2, 0) is 16.1 Å². The van der Waals surface area contributed by atoms with Gasteiger partial charge in [-0.25, -0.2) is 0 Å². The van der Waals surface area contributed by atoms with E-state index in [0.29, 0.717) is 22.6 Å². The molecule has 0 aliphatic carbocycles. The molecule has 152 valence electrons. The molecule has 2 aromatic carbocycles. The topological polar surface area (TPSA) is 80.0 Å². The second-order valence-corrected chi connectivity index (χ2v) is 7.71. The van der Waals surface area contributed by atoms with Gasteiger partial charge in [0.25, 0.3) is 11.7 Å². The molecular formula is C23H18BrNO5. The van der Waals surface area contributed by atoms with Crippen LogP contribution < -0.4 is 4.74 Å². The lowest BCUT2D eigenvalue weighted by molar-refractivity contribution is -0.140. The number of hydrogen-bond acceptors (Lipinski definition) is 5. The predicted octanol–water partition coefficient (Wildman–Crippen LogP) is 4.67. The van der Waals surface area contributed by atoms with E-state index in [9.17, 15) is 14.7 Å². The minimum absolute atomic E-state index is 0.0258. The molecule has 1 amide bonds. The molecule has 1 fully saturated rings. The maximum atomic E-state index is 13.0. The van der Waals surface area contributed by atoms with E-state index < -0.39 is 17.7 Å². The van der Waals surface area contributed by atoms with Crippen LogP contribution in [0.5, 0.6) is 5.75 Å². The van der Waals surface area contributed by atoms with Gasteiger partial charge in [-0.3, -0.25) is 9.59 Å². The van der Waals surface area contributed by atoms with Gasteiger partial charge < -0.3 is 19.2 Å². The number of likely N-dealkylation sites (tertiary alicyclic amines) is 1. The van der Waals surface area contributed by atoms with Crippen molar-refractivity contribution in [2.24, 2.45) is 0 Å². The Morgan fingerprint density at radius 3 is 2.63 bits per heavy atom. The van der Waals surface area contributed by atoms with E-state index in [2.05, 4.69) is 15.9 Å². The van der Waals surface area contributed by atoms with E-state index in [1.54, 1.807) is 36.4 Å². The number of rotatable bonds is 5. The van der Waals surface area contributed by atoms with Gasteiger partial charge in [-0.1, -0.05) is 40.2 Å². The van der Waals surface area contributed by atoms with Crippen molar-refractivity contribution in [1.82, 2.24) is 4.90 Å². The zero-order valence-electron chi connectivity index (χ0n) is 16.0. The number of ketones is 1. The van der Waals surface area contributed by atoms with Crippen LogP contribution in [0.1, 0.15) is 22.9 Å². The Bertz CT molecular complexity index is 1140. The van der Waals surface area contributed by atoms with Gasteiger partial charge >= 0.3 is 0 Å². The SMILES string of the molecule is COc1cccc(C(O)=C2C(=O)C(=O)N(Cc3ccco3)C2c2cccc(Br)c2)c1. The van der Waals surface area contributed by atoms with Crippen molar-refractivity contribution in [1.29, 1.82) is 0 Å². The Labute approximate surface area is 181 Å². The molecule has 30 heavy (non-hydrogen) atoms. The van der Waals surface area contributed by atoms with Crippen molar-refractivity contribution < 1.29 is 23.8 Å². The van der Waals surface area contributed by atoms with Crippen molar-refractivity contribution in [2.45, 2.75) is 12.6 Å². The molecule has 3 aromatic rings. The molecule has 1 unspecified atom stereocenters. The highest BCUT2D eigenvalue weighted by Crippen LogP contribution is 2.41. The number of hydrogen-bond donors (Lipinski definition) is 1. The summed E-state index contributed by atoms with van der Waals surface area (Å²) >= 11 is 3.44. The van der Waals surface area contributed by atoms with Crippen molar-refractivity contribution in [2.75, 3.05) is 7.11 Å². The first-order chi connectivity index (χ1) is 14.5. The summed E-state index contributed by atoms with van der Waals surface area (Å²) in [6, 6.07) is 16.7. The van der Waals surface area contributed by atoms with Gasteiger partial charge in [0.2, 0.25) is 0 Å². The van der Waals surface area contributed by atoms with Gasteiger partial charge in [0.05, 0.1) is 31.5 Å². The molecule has 1 aliphatic rings. The van der Waals surface area contributed by atoms with Crippen molar-refractivity contribution in [3.63, 3.8) is 0 Å². The second-order valence-electron chi connectivity index (χ2n) is 6.79. The molecular weight excluding hydrogens is 450 g/mol. The van der Waals surface area contributed by atoms with Crippen LogP contribution in [0, 0.1) is 0 Å². The third-order valence-corrected chi connectivity index (χ3v) is 5.45. The van der Waals surface area contributed by atoms with Crippen molar-refractivity contribution in [3.05, 3.63) is 93.9 Å². The van der Waals surface area contributed by atoms with Gasteiger partial charge in [0.1, 0.15) is 17.3 Å². The first-order valence-corrected chi connectivity index (χ1v) is 9.99. The Hall–Kier alpha value is -3.32. The highest BCUT2D eigenvalue weighted by Gasteiger charge is 2.46. The molecule has 0 bridgehead atoms. The summed E-state index contributed by atoms with van der Waals surface area (Å²) in [6.07, 6.45) is 1.51. The summed E-state index contributed by atoms with van der Waals surface area (Å²) in [5.41, 5.74) is 1.11. The number of carbonyl (C=O) groups excluding carboxylic acids is 2. The highest BCUT2D eigenvalue weighted by molar-refractivity contribution is 9.10. The number of halogens is 1. The summed E-state index contributed by atoms with van der Waals surface area (Å²) in [5.74, 6) is -0.618. The molecule has 1 atom stereocenters. The molecule has 1 N–H and O–H groups in total. The smallest absolute Gasteiger partial charge is 0.296 e. The quantitative estimate of drug-likeness (QED) is 0.335.